The SMILES string of the molecule is CC(C)=C[C@H]1C[C@](C)(O)C2C(C[C@@]3(C)[C@@H]4CC=C5[C@@H](CC[C@H](O[C@@H]6O[C@H](CO)[C@@H](O)[C@H](O)[C@H]6O)C5(C)C)[C@]4(C)C(=O)C[C@]23C)O1. The predicted octanol–water partition coefficient (Wildman–Crippen LogP) is 3.44. The zero-order valence-electron chi connectivity index (χ0n) is 28.3. The molecule has 2 unspecified atom stereocenters. The Morgan fingerprint density at radius 2 is 1.67 bits per heavy atom. The Kier molecular flexibility index (Phi) is 8.19. The van der Waals surface area contributed by atoms with Crippen LogP contribution in [-0.2, 0) is 19.0 Å². The molecule has 5 N–H and O–H groups in total. The molecule has 45 heavy (non-hydrogen) atoms. The topological polar surface area (TPSA) is 146 Å². The van der Waals surface area contributed by atoms with Gasteiger partial charge in [-0.25, -0.2) is 0 Å². The Bertz CT molecular complexity index is 1250. The van der Waals surface area contributed by atoms with E-state index >= 15 is 0 Å². The molecule has 0 aromatic heterocycles. The fraction of sp³-hybridized carbons (Fsp3) is 0.861. The molecule has 2 saturated heterocycles. The molecule has 2 aliphatic heterocycles. The molecule has 4 aliphatic carbocycles. The highest BCUT2D eigenvalue weighted by Gasteiger charge is 2.75. The predicted molar refractivity (Wildman–Crippen MR) is 167 cm³/mol. The van der Waals surface area contributed by atoms with Crippen molar-refractivity contribution >= 4 is 5.78 Å². The highest BCUT2D eigenvalue weighted by molar-refractivity contribution is 5.88. The largest absolute Gasteiger partial charge is 0.394 e. The Hall–Kier alpha value is -1.17. The van der Waals surface area contributed by atoms with Crippen molar-refractivity contribution in [3.63, 3.8) is 0 Å². The van der Waals surface area contributed by atoms with Crippen molar-refractivity contribution in [1.82, 2.24) is 0 Å². The molecule has 254 valence electrons. The van der Waals surface area contributed by atoms with Crippen LogP contribution in [0.4, 0.5) is 0 Å². The van der Waals surface area contributed by atoms with Crippen LogP contribution in [0.5, 0.6) is 0 Å². The van der Waals surface area contributed by atoms with Gasteiger partial charge in [0.25, 0.3) is 0 Å². The van der Waals surface area contributed by atoms with Crippen LogP contribution < -0.4 is 0 Å². The van der Waals surface area contributed by atoms with E-state index in [4.69, 9.17) is 14.2 Å². The second-order valence-electron chi connectivity index (χ2n) is 17.0. The van der Waals surface area contributed by atoms with Gasteiger partial charge in [0.15, 0.2) is 6.29 Å². The molecule has 0 bridgehead atoms. The summed E-state index contributed by atoms with van der Waals surface area (Å²) < 4.78 is 18.8. The molecule has 2 heterocycles. The van der Waals surface area contributed by atoms with Gasteiger partial charge in [-0.05, 0) is 69.1 Å². The van der Waals surface area contributed by atoms with Gasteiger partial charge in [-0.2, -0.15) is 0 Å². The van der Waals surface area contributed by atoms with E-state index in [9.17, 15) is 30.3 Å². The van der Waals surface area contributed by atoms with E-state index in [0.717, 1.165) is 19.3 Å². The van der Waals surface area contributed by atoms with Crippen LogP contribution >= 0.6 is 0 Å². The summed E-state index contributed by atoms with van der Waals surface area (Å²) >= 11 is 0. The maximum Gasteiger partial charge on any atom is 0.187 e. The molecule has 9 heteroatoms. The van der Waals surface area contributed by atoms with Gasteiger partial charge in [-0.1, -0.05) is 57.9 Å². The van der Waals surface area contributed by atoms with Gasteiger partial charge < -0.3 is 39.7 Å². The molecule has 6 aliphatic rings. The van der Waals surface area contributed by atoms with Crippen molar-refractivity contribution in [3.8, 4) is 0 Å². The maximum absolute atomic E-state index is 14.7. The molecular formula is C36H56O9. The highest BCUT2D eigenvalue weighted by Crippen LogP contribution is 2.75. The van der Waals surface area contributed by atoms with Gasteiger partial charge in [0.1, 0.15) is 30.2 Å². The number of aliphatic hydroxyl groups is 5. The van der Waals surface area contributed by atoms with E-state index < -0.39 is 59.2 Å². The molecule has 0 spiro atoms. The van der Waals surface area contributed by atoms with Gasteiger partial charge in [-0.15, -0.1) is 0 Å². The number of fused-ring (bicyclic) bond motifs is 7. The number of Topliss-reactive ketones (excluding diaryl/α,β-unsaturated/α-hetero) is 1. The Labute approximate surface area is 268 Å². The monoisotopic (exact) mass is 632 g/mol. The zero-order valence-corrected chi connectivity index (χ0v) is 28.3. The first-order valence-corrected chi connectivity index (χ1v) is 17.1. The maximum atomic E-state index is 14.7. The van der Waals surface area contributed by atoms with Gasteiger partial charge in [0.05, 0.1) is 30.5 Å². The third-order valence-corrected chi connectivity index (χ3v) is 13.8. The average molecular weight is 633 g/mol. The van der Waals surface area contributed by atoms with E-state index in [0.29, 0.717) is 19.3 Å². The van der Waals surface area contributed by atoms with Crippen LogP contribution in [0.1, 0.15) is 93.9 Å². The Balaban J connectivity index is 1.30. The van der Waals surface area contributed by atoms with Crippen molar-refractivity contribution in [1.29, 1.82) is 0 Å². The van der Waals surface area contributed by atoms with Gasteiger partial charge in [-0.3, -0.25) is 4.79 Å². The smallest absolute Gasteiger partial charge is 0.187 e. The lowest BCUT2D eigenvalue weighted by molar-refractivity contribution is -0.319. The number of allylic oxidation sites excluding steroid dienone is 2. The van der Waals surface area contributed by atoms with Gasteiger partial charge in [0, 0.05) is 29.6 Å². The van der Waals surface area contributed by atoms with Crippen molar-refractivity contribution in [2.24, 2.45) is 39.4 Å². The van der Waals surface area contributed by atoms with Crippen molar-refractivity contribution in [2.45, 2.75) is 149 Å². The molecular weight excluding hydrogens is 576 g/mol. The zero-order chi connectivity index (χ0) is 33.1. The van der Waals surface area contributed by atoms with E-state index in [1.165, 1.54) is 11.1 Å². The van der Waals surface area contributed by atoms with E-state index in [1.54, 1.807) is 0 Å². The first kappa shape index (κ1) is 33.7. The fourth-order valence-corrected chi connectivity index (χ4v) is 11.5. The molecule has 0 aromatic carbocycles. The number of hydrogen-bond acceptors (Lipinski definition) is 9. The lowest BCUT2D eigenvalue weighted by Gasteiger charge is -2.65. The second-order valence-corrected chi connectivity index (χ2v) is 17.0. The summed E-state index contributed by atoms with van der Waals surface area (Å²) in [7, 11) is 0. The van der Waals surface area contributed by atoms with Crippen molar-refractivity contribution in [2.75, 3.05) is 6.61 Å². The first-order chi connectivity index (χ1) is 20.8. The number of rotatable bonds is 4. The number of ketones is 1. The fourth-order valence-electron chi connectivity index (χ4n) is 11.5. The molecule has 3 saturated carbocycles. The molecule has 6 rings (SSSR count). The number of carbonyl (C=O) groups excluding carboxylic acids is 1. The summed E-state index contributed by atoms with van der Waals surface area (Å²) in [5, 5.41) is 52.9. The number of hydrogen-bond donors (Lipinski definition) is 5. The normalized spacial score (nSPS) is 53.8. The van der Waals surface area contributed by atoms with Gasteiger partial charge >= 0.3 is 0 Å². The van der Waals surface area contributed by atoms with Crippen LogP contribution in [0.25, 0.3) is 0 Å². The molecule has 0 amide bonds. The molecule has 5 fully saturated rings. The molecule has 0 aromatic rings. The van der Waals surface area contributed by atoms with Gasteiger partial charge in [0.2, 0.25) is 0 Å². The standard InChI is InChI=1S/C36H56O9/c1-18(2)13-19-14-35(7,42)30-22(43-19)15-33(5)24-11-9-20-21(36(24,8)25(38)16-34(30,33)6)10-12-26(32(20,3)4)45-31-29(41)28(40)27(39)23(17-37)44-31/h9,13,19,21-24,26-31,37,39-42H,10-12,14-17H2,1-8H3/t19-,21+,22?,23+,24-,26-,27+,28-,29+,30?,31-,33-,34+,35-,36-/m0/s1. The van der Waals surface area contributed by atoms with E-state index in [1.807, 2.05) is 6.92 Å². The molecule has 0 radical (unpaired) electrons. The van der Waals surface area contributed by atoms with Crippen molar-refractivity contribution in [3.05, 3.63) is 23.3 Å². The van der Waals surface area contributed by atoms with Crippen LogP contribution in [0.15, 0.2) is 23.3 Å². The first-order valence-electron chi connectivity index (χ1n) is 17.1. The van der Waals surface area contributed by atoms with Crippen LogP contribution in [0, 0.1) is 39.4 Å². The summed E-state index contributed by atoms with van der Waals surface area (Å²) in [4.78, 5) is 14.7. The number of aliphatic hydroxyl groups excluding tert-OH is 4. The Morgan fingerprint density at radius 3 is 2.31 bits per heavy atom. The highest BCUT2D eigenvalue weighted by atomic mass is 16.7. The minimum atomic E-state index is -1.50. The van der Waals surface area contributed by atoms with Crippen LogP contribution in [-0.4, -0.2) is 92.5 Å². The lowest BCUT2D eigenvalue weighted by Crippen LogP contribution is -2.65. The quantitative estimate of drug-likeness (QED) is 0.294. The number of carbonyl (C=O) groups is 1. The second kappa shape index (κ2) is 10.9. The molecule has 9 nitrogen and oxygen atoms in total. The lowest BCUT2D eigenvalue weighted by atomic mass is 9.38. The Morgan fingerprint density at radius 1 is 0.978 bits per heavy atom. The summed E-state index contributed by atoms with van der Waals surface area (Å²) in [6.07, 6.45) is 1.04. The van der Waals surface area contributed by atoms with Crippen molar-refractivity contribution < 1.29 is 44.5 Å². The van der Waals surface area contributed by atoms with E-state index in [-0.39, 0.29) is 47.3 Å². The minimum Gasteiger partial charge on any atom is -0.394 e. The van der Waals surface area contributed by atoms with Crippen LogP contribution in [0.3, 0.4) is 0 Å². The third kappa shape index (κ3) is 4.73. The minimum absolute atomic E-state index is 0.0252. The summed E-state index contributed by atoms with van der Waals surface area (Å²) in [5.41, 5.74) is -0.285. The number of ether oxygens (including phenoxy) is 3. The third-order valence-electron chi connectivity index (χ3n) is 13.8. The summed E-state index contributed by atoms with van der Waals surface area (Å²) in [6, 6.07) is 0. The summed E-state index contributed by atoms with van der Waals surface area (Å²) in [6.45, 7) is 16.6. The van der Waals surface area contributed by atoms with E-state index in [2.05, 4.69) is 60.6 Å². The summed E-state index contributed by atoms with van der Waals surface area (Å²) in [5.74, 6) is 0.262. The average Bonchev–Trinajstić information content (AvgIpc) is 3.16. The van der Waals surface area contributed by atoms with Crippen LogP contribution in [0.2, 0.25) is 0 Å². The molecule has 15 atom stereocenters.